The van der Waals surface area contributed by atoms with Crippen molar-refractivity contribution >= 4 is 104 Å². The van der Waals surface area contributed by atoms with Crippen molar-refractivity contribution in [2.75, 3.05) is 10.2 Å². The number of carbonyl (C=O) groups excluding carboxylic acids is 3. The number of rotatable bonds is 5. The maximum atomic E-state index is 13.0. The lowest BCUT2D eigenvalue weighted by Crippen LogP contribution is -2.56. The monoisotopic (exact) mass is 672 g/mol. The normalized spacial score (nSPS) is 13.7. The minimum absolute atomic E-state index is 0.0155. The number of imide groups is 1. The number of thiocarbonyl (C=S) groups is 1. The largest absolute Gasteiger partial charge is 0.339 e. The van der Waals surface area contributed by atoms with E-state index in [4.69, 9.17) is 47.0 Å². The first-order chi connectivity index (χ1) is 17.1. The Kier molecular flexibility index (Phi) is 8.06. The van der Waals surface area contributed by atoms with Gasteiger partial charge in [-0.1, -0.05) is 59.1 Å². The van der Waals surface area contributed by atoms with Crippen molar-refractivity contribution in [2.24, 2.45) is 0 Å². The molecule has 1 aliphatic rings. The van der Waals surface area contributed by atoms with Crippen molar-refractivity contribution in [2.45, 2.75) is 9.96 Å². The van der Waals surface area contributed by atoms with Crippen LogP contribution in [0.4, 0.5) is 11.4 Å². The summed E-state index contributed by atoms with van der Waals surface area (Å²) in [5, 5.41) is 8.30. The smallest absolute Gasteiger partial charge is 0.266 e. The summed E-state index contributed by atoms with van der Waals surface area (Å²) in [5.41, 5.74) is 1.64. The van der Waals surface area contributed by atoms with Gasteiger partial charge in [-0.05, 0) is 83.3 Å². The summed E-state index contributed by atoms with van der Waals surface area (Å²) in [7, 11) is 0. The van der Waals surface area contributed by atoms with Gasteiger partial charge in [-0.25, -0.2) is 4.90 Å². The van der Waals surface area contributed by atoms with E-state index in [9.17, 15) is 14.4 Å². The number of fused-ring (bicyclic) bond motifs is 1. The third-order valence-electron chi connectivity index (χ3n) is 5.17. The van der Waals surface area contributed by atoms with Gasteiger partial charge in [0.2, 0.25) is 3.79 Å². The molecule has 0 bridgehead atoms. The molecule has 184 valence electrons. The summed E-state index contributed by atoms with van der Waals surface area (Å²) in [6, 6.07) is 20.0. The number of hydrogen-bond acceptors (Lipinski definition) is 4. The first-order valence-electron chi connectivity index (χ1n) is 10.3. The van der Waals surface area contributed by atoms with Gasteiger partial charge in [0.05, 0.1) is 22.5 Å². The number of carbonyl (C=O) groups is 3. The number of benzene rings is 3. The number of anilines is 2. The van der Waals surface area contributed by atoms with Gasteiger partial charge < -0.3 is 16.0 Å². The maximum Gasteiger partial charge on any atom is 0.266 e. The molecule has 1 heterocycles. The predicted octanol–water partition coefficient (Wildman–Crippen LogP) is 5.50. The molecular weight excluding hydrogens is 658 g/mol. The van der Waals surface area contributed by atoms with Gasteiger partial charge in [0, 0.05) is 9.13 Å². The molecule has 0 aliphatic carbocycles. The zero-order valence-electron chi connectivity index (χ0n) is 18.1. The fourth-order valence-corrected chi connectivity index (χ4v) is 4.40. The van der Waals surface area contributed by atoms with Gasteiger partial charge in [-0.15, -0.1) is 0 Å². The number of nitrogens with one attached hydrogen (secondary N) is 3. The molecule has 3 aromatic carbocycles. The Labute approximate surface area is 240 Å². The minimum atomic E-state index is -1.97. The van der Waals surface area contributed by atoms with Crippen molar-refractivity contribution in [1.29, 1.82) is 0 Å². The highest BCUT2D eigenvalue weighted by atomic mass is 127. The summed E-state index contributed by atoms with van der Waals surface area (Å²) in [6.07, 6.45) is -1.21. The summed E-state index contributed by atoms with van der Waals surface area (Å²) < 4.78 is -1.01. The van der Waals surface area contributed by atoms with E-state index in [0.717, 1.165) is 8.47 Å². The van der Waals surface area contributed by atoms with Crippen LogP contribution in [0.25, 0.3) is 0 Å². The van der Waals surface area contributed by atoms with Gasteiger partial charge in [-0.3, -0.25) is 14.4 Å². The highest BCUT2D eigenvalue weighted by Gasteiger charge is 2.38. The Morgan fingerprint density at radius 1 is 0.861 bits per heavy atom. The van der Waals surface area contributed by atoms with Crippen molar-refractivity contribution < 1.29 is 14.4 Å². The zero-order valence-corrected chi connectivity index (χ0v) is 23.3. The summed E-state index contributed by atoms with van der Waals surface area (Å²) in [5.74, 6) is -1.38. The van der Waals surface area contributed by atoms with Crippen molar-refractivity contribution in [3.63, 3.8) is 0 Å². The lowest BCUT2D eigenvalue weighted by molar-refractivity contribution is 0.0918. The fourth-order valence-electron chi connectivity index (χ4n) is 3.49. The van der Waals surface area contributed by atoms with Crippen molar-refractivity contribution in [1.82, 2.24) is 10.6 Å². The minimum Gasteiger partial charge on any atom is -0.339 e. The maximum absolute atomic E-state index is 13.0. The average Bonchev–Trinajstić information content (AvgIpc) is 3.09. The van der Waals surface area contributed by atoms with Crippen LogP contribution in [0.3, 0.4) is 0 Å². The molecular formula is C24H16Cl3IN4O3S. The molecule has 0 fully saturated rings. The topological polar surface area (TPSA) is 90.5 Å². The number of nitrogens with zero attached hydrogens (tertiary/aromatic N) is 1. The Bertz CT molecular complexity index is 1330. The van der Waals surface area contributed by atoms with Crippen LogP contribution >= 0.6 is 69.6 Å². The standard InChI is InChI=1S/C24H16Cl3IN4O3S/c25-24(26,27)22(30-19(33)13-9-11-14(28)12-10-13)31-23(36)29-17-7-3-4-8-18(17)32-20(34)15-5-1-2-6-16(15)21(32)35/h1-12,22H,(H,30,33)(H2,29,31,36). The molecule has 3 N–H and O–H groups in total. The second kappa shape index (κ2) is 10.9. The third kappa shape index (κ3) is 5.76. The van der Waals surface area contributed by atoms with Crippen LogP contribution in [0.5, 0.6) is 0 Å². The van der Waals surface area contributed by atoms with E-state index in [1.807, 2.05) is 0 Å². The van der Waals surface area contributed by atoms with Crippen LogP contribution in [0.1, 0.15) is 31.1 Å². The van der Waals surface area contributed by atoms with Gasteiger partial charge in [0.15, 0.2) is 5.11 Å². The van der Waals surface area contributed by atoms with Gasteiger partial charge in [0.25, 0.3) is 17.7 Å². The van der Waals surface area contributed by atoms with Crippen LogP contribution in [-0.4, -0.2) is 32.8 Å². The van der Waals surface area contributed by atoms with Crippen LogP contribution in [0.2, 0.25) is 0 Å². The van der Waals surface area contributed by atoms with E-state index in [1.165, 1.54) is 0 Å². The molecule has 4 rings (SSSR count). The number of para-hydroxylation sites is 2. The zero-order chi connectivity index (χ0) is 26.0. The Balaban J connectivity index is 1.52. The van der Waals surface area contributed by atoms with Gasteiger partial charge in [0.1, 0.15) is 6.17 Å². The van der Waals surface area contributed by atoms with Gasteiger partial charge in [-0.2, -0.15) is 0 Å². The first kappa shape index (κ1) is 26.6. The van der Waals surface area contributed by atoms with E-state index in [-0.39, 0.29) is 5.11 Å². The Hall–Kier alpha value is -2.44. The molecule has 1 atom stereocenters. The van der Waals surface area contributed by atoms with Crippen LogP contribution in [0.15, 0.2) is 72.8 Å². The van der Waals surface area contributed by atoms with E-state index in [0.29, 0.717) is 28.1 Å². The summed E-state index contributed by atoms with van der Waals surface area (Å²) in [6.45, 7) is 0. The summed E-state index contributed by atoms with van der Waals surface area (Å²) in [4.78, 5) is 39.7. The summed E-state index contributed by atoms with van der Waals surface area (Å²) >= 11 is 25.8. The lowest BCUT2D eigenvalue weighted by atomic mass is 10.1. The second-order valence-electron chi connectivity index (χ2n) is 7.56. The highest BCUT2D eigenvalue weighted by molar-refractivity contribution is 14.1. The number of halogens is 4. The van der Waals surface area contributed by atoms with E-state index < -0.39 is 27.7 Å². The Morgan fingerprint density at radius 3 is 2.00 bits per heavy atom. The molecule has 7 nitrogen and oxygen atoms in total. The number of alkyl halides is 3. The molecule has 3 amide bonds. The molecule has 1 unspecified atom stereocenters. The SMILES string of the molecule is O=C(NC(NC(=S)Nc1ccccc1N1C(=O)c2ccccc2C1=O)C(Cl)(Cl)Cl)c1ccc(I)cc1. The average molecular weight is 674 g/mol. The molecule has 0 aromatic heterocycles. The van der Waals surface area contributed by atoms with Crippen LogP contribution in [-0.2, 0) is 0 Å². The molecule has 1 aliphatic heterocycles. The van der Waals surface area contributed by atoms with E-state index >= 15 is 0 Å². The van der Waals surface area contributed by atoms with Crippen molar-refractivity contribution in [3.05, 3.63) is 93.1 Å². The Morgan fingerprint density at radius 2 is 1.42 bits per heavy atom. The molecule has 0 saturated heterocycles. The van der Waals surface area contributed by atoms with Gasteiger partial charge >= 0.3 is 0 Å². The van der Waals surface area contributed by atoms with E-state index in [1.54, 1.807) is 72.8 Å². The highest BCUT2D eigenvalue weighted by Crippen LogP contribution is 2.34. The molecule has 12 heteroatoms. The van der Waals surface area contributed by atoms with E-state index in [2.05, 4.69) is 38.5 Å². The second-order valence-corrected chi connectivity index (χ2v) is 11.6. The quantitative estimate of drug-likeness (QED) is 0.109. The number of amides is 3. The molecule has 0 radical (unpaired) electrons. The molecule has 3 aromatic rings. The van der Waals surface area contributed by atoms with Crippen LogP contribution in [0, 0.1) is 3.57 Å². The fraction of sp³-hybridized carbons (Fsp3) is 0.0833. The van der Waals surface area contributed by atoms with Crippen LogP contribution < -0.4 is 20.9 Å². The molecule has 36 heavy (non-hydrogen) atoms. The third-order valence-corrected chi connectivity index (χ3v) is 6.77. The first-order valence-corrected chi connectivity index (χ1v) is 13.0. The lowest BCUT2D eigenvalue weighted by Gasteiger charge is -2.28. The molecule has 0 spiro atoms. The van der Waals surface area contributed by atoms with Crippen molar-refractivity contribution in [3.8, 4) is 0 Å². The molecule has 0 saturated carbocycles. The predicted molar refractivity (Wildman–Crippen MR) is 154 cm³/mol. The number of hydrogen-bond donors (Lipinski definition) is 3.